The highest BCUT2D eigenvalue weighted by Crippen LogP contribution is 2.24. The first-order valence-corrected chi connectivity index (χ1v) is 8.11. The fourth-order valence-corrected chi connectivity index (χ4v) is 2.82. The number of benzene rings is 1. The molecule has 0 radical (unpaired) electrons. The molecule has 0 amide bonds. The average Bonchev–Trinajstić information content (AvgIpc) is 2.55. The molecule has 0 bridgehead atoms. The molecule has 0 aliphatic carbocycles. The number of nitrogens with zero attached hydrogens (tertiary/aromatic N) is 3. The smallest absolute Gasteiger partial charge is 0.254 e. The molecule has 0 saturated carbocycles. The third kappa shape index (κ3) is 2.46. The lowest BCUT2D eigenvalue weighted by atomic mass is 10.1. The van der Waals surface area contributed by atoms with Crippen LogP contribution in [0.25, 0.3) is 11.0 Å². The molecule has 0 spiro atoms. The molecule has 1 atom stereocenters. The molecule has 112 valence electrons. The first-order valence-electron chi connectivity index (χ1n) is 6.88. The second-order valence-electron chi connectivity index (χ2n) is 4.99. The maximum Gasteiger partial charge on any atom is 0.254 e. The number of hydrogen-bond acceptors (Lipinski definition) is 5. The third-order valence-electron chi connectivity index (χ3n) is 3.65. The first-order chi connectivity index (χ1) is 10.6. The van der Waals surface area contributed by atoms with E-state index in [0.717, 1.165) is 5.56 Å². The molecule has 22 heavy (non-hydrogen) atoms. The van der Waals surface area contributed by atoms with Crippen LogP contribution < -0.4 is 11.3 Å². The zero-order chi connectivity index (χ0) is 15.7. The van der Waals surface area contributed by atoms with E-state index in [-0.39, 0.29) is 11.6 Å². The van der Waals surface area contributed by atoms with Crippen LogP contribution in [0.3, 0.4) is 0 Å². The van der Waals surface area contributed by atoms with Gasteiger partial charge in [-0.3, -0.25) is 9.36 Å². The number of rotatable bonds is 3. The Bertz CT molecular complexity index is 876. The predicted molar refractivity (Wildman–Crippen MR) is 90.2 cm³/mol. The number of aromatic nitrogens is 3. The molecule has 0 aliphatic rings. The van der Waals surface area contributed by atoms with Crippen LogP contribution in [0.1, 0.15) is 18.5 Å². The molecule has 0 fully saturated rings. The van der Waals surface area contributed by atoms with Crippen LogP contribution in [-0.2, 0) is 0 Å². The van der Waals surface area contributed by atoms with Crippen molar-refractivity contribution in [3.63, 3.8) is 0 Å². The second kappa shape index (κ2) is 5.81. The monoisotopic (exact) mass is 312 g/mol. The highest BCUT2D eigenvalue weighted by atomic mass is 32.2. The third-order valence-corrected chi connectivity index (χ3v) is 4.22. The van der Waals surface area contributed by atoms with Crippen molar-refractivity contribution in [2.24, 2.45) is 0 Å². The van der Waals surface area contributed by atoms with Gasteiger partial charge in [0.2, 0.25) is 0 Å². The molecule has 1 aromatic carbocycles. The van der Waals surface area contributed by atoms with Crippen molar-refractivity contribution in [1.29, 1.82) is 0 Å². The van der Waals surface area contributed by atoms with E-state index in [1.165, 1.54) is 17.8 Å². The quantitative estimate of drug-likeness (QED) is 0.594. The van der Waals surface area contributed by atoms with Gasteiger partial charge in [-0.05, 0) is 18.7 Å². The normalized spacial score (nSPS) is 12.5. The Hall–Kier alpha value is -2.34. The van der Waals surface area contributed by atoms with Crippen molar-refractivity contribution >= 4 is 28.5 Å². The summed E-state index contributed by atoms with van der Waals surface area (Å²) in [7, 11) is 0. The van der Waals surface area contributed by atoms with Gasteiger partial charge in [-0.15, -0.1) is 0 Å². The van der Waals surface area contributed by atoms with Crippen molar-refractivity contribution in [1.82, 2.24) is 14.5 Å². The fraction of sp³-hybridized carbons (Fsp3) is 0.188. The Kier molecular flexibility index (Phi) is 3.85. The summed E-state index contributed by atoms with van der Waals surface area (Å²) in [4.78, 5) is 21.2. The van der Waals surface area contributed by atoms with E-state index >= 15 is 0 Å². The van der Waals surface area contributed by atoms with E-state index in [1.807, 2.05) is 43.5 Å². The summed E-state index contributed by atoms with van der Waals surface area (Å²) in [5.74, 6) is 0. The summed E-state index contributed by atoms with van der Waals surface area (Å²) >= 11 is 1.43. The molecule has 0 unspecified atom stereocenters. The maximum atomic E-state index is 12.5. The Morgan fingerprint density at radius 3 is 2.68 bits per heavy atom. The van der Waals surface area contributed by atoms with Crippen LogP contribution in [0.15, 0.2) is 52.5 Å². The van der Waals surface area contributed by atoms with Crippen LogP contribution in [0.4, 0.5) is 5.69 Å². The number of hydrogen-bond donors (Lipinski definition) is 1. The number of fused-ring (bicyclic) bond motifs is 1. The highest BCUT2D eigenvalue weighted by molar-refractivity contribution is 7.98. The van der Waals surface area contributed by atoms with Crippen molar-refractivity contribution < 1.29 is 0 Å². The summed E-state index contributed by atoms with van der Waals surface area (Å²) in [6.07, 6.45) is 3.58. The Morgan fingerprint density at radius 1 is 1.27 bits per heavy atom. The minimum absolute atomic E-state index is 0.138. The molecule has 6 heteroatoms. The SMILES string of the molecule is CSc1ncc2c(N)cc(=O)n([C@H](C)c3ccccc3)c2n1. The Balaban J connectivity index is 2.30. The molecule has 0 saturated heterocycles. The Morgan fingerprint density at radius 2 is 2.00 bits per heavy atom. The number of anilines is 1. The minimum atomic E-state index is -0.160. The Labute approximate surface area is 132 Å². The van der Waals surface area contributed by atoms with E-state index < -0.39 is 0 Å². The molecule has 0 aliphatic heterocycles. The van der Waals surface area contributed by atoms with Gasteiger partial charge in [0.15, 0.2) is 5.16 Å². The van der Waals surface area contributed by atoms with Gasteiger partial charge in [0.05, 0.1) is 11.4 Å². The standard InChI is InChI=1S/C16H16N4OS/c1-10(11-6-4-3-5-7-11)20-14(21)8-13(17)12-9-18-16(22-2)19-15(12)20/h3-10H,17H2,1-2H3/t10-/m1/s1. The topological polar surface area (TPSA) is 73.8 Å². The largest absolute Gasteiger partial charge is 0.398 e. The van der Waals surface area contributed by atoms with E-state index in [9.17, 15) is 4.79 Å². The lowest BCUT2D eigenvalue weighted by molar-refractivity contribution is 0.630. The van der Waals surface area contributed by atoms with Gasteiger partial charge in [0, 0.05) is 18.0 Å². The van der Waals surface area contributed by atoms with Gasteiger partial charge in [-0.1, -0.05) is 42.1 Å². The van der Waals surface area contributed by atoms with Gasteiger partial charge in [0.25, 0.3) is 5.56 Å². The van der Waals surface area contributed by atoms with Gasteiger partial charge in [0.1, 0.15) is 5.65 Å². The van der Waals surface area contributed by atoms with Gasteiger partial charge in [-0.25, -0.2) is 9.97 Å². The molecule has 3 aromatic rings. The molecule has 2 aromatic heterocycles. The van der Waals surface area contributed by atoms with Crippen molar-refractivity contribution in [2.45, 2.75) is 18.1 Å². The molecule has 5 nitrogen and oxygen atoms in total. The summed E-state index contributed by atoms with van der Waals surface area (Å²) in [5.41, 5.74) is 7.81. The first kappa shape index (κ1) is 14.6. The van der Waals surface area contributed by atoms with Crippen molar-refractivity contribution in [3.05, 3.63) is 58.5 Å². The average molecular weight is 312 g/mol. The summed E-state index contributed by atoms with van der Waals surface area (Å²) in [6, 6.07) is 11.2. The number of thioether (sulfide) groups is 1. The zero-order valence-corrected chi connectivity index (χ0v) is 13.2. The van der Waals surface area contributed by atoms with E-state index in [1.54, 1.807) is 10.8 Å². The van der Waals surface area contributed by atoms with Crippen molar-refractivity contribution in [2.75, 3.05) is 12.0 Å². The van der Waals surface area contributed by atoms with E-state index in [0.29, 0.717) is 21.9 Å². The number of pyridine rings is 1. The van der Waals surface area contributed by atoms with Crippen molar-refractivity contribution in [3.8, 4) is 0 Å². The molecule has 3 rings (SSSR count). The molecule has 2 heterocycles. The lowest BCUT2D eigenvalue weighted by Gasteiger charge is -2.18. The summed E-state index contributed by atoms with van der Waals surface area (Å²) in [5, 5.41) is 1.31. The van der Waals surface area contributed by atoms with Gasteiger partial charge in [-0.2, -0.15) is 0 Å². The summed E-state index contributed by atoms with van der Waals surface area (Å²) in [6.45, 7) is 1.98. The highest BCUT2D eigenvalue weighted by Gasteiger charge is 2.16. The number of nitrogen functional groups attached to an aromatic ring is 1. The van der Waals surface area contributed by atoms with Crippen LogP contribution in [0.2, 0.25) is 0 Å². The predicted octanol–water partition coefficient (Wildman–Crippen LogP) is 2.70. The maximum absolute atomic E-state index is 12.5. The van der Waals surface area contributed by atoms with Crippen LogP contribution in [0.5, 0.6) is 0 Å². The second-order valence-corrected chi connectivity index (χ2v) is 5.76. The van der Waals surface area contributed by atoms with Gasteiger partial charge < -0.3 is 5.73 Å². The van der Waals surface area contributed by atoms with E-state index in [4.69, 9.17) is 5.73 Å². The molecular formula is C16H16N4OS. The number of nitrogens with two attached hydrogens (primary N) is 1. The fourth-order valence-electron chi connectivity index (χ4n) is 2.48. The lowest BCUT2D eigenvalue weighted by Crippen LogP contribution is -2.25. The summed E-state index contributed by atoms with van der Waals surface area (Å²) < 4.78 is 1.67. The van der Waals surface area contributed by atoms with E-state index in [2.05, 4.69) is 9.97 Å². The van der Waals surface area contributed by atoms with Crippen LogP contribution in [0, 0.1) is 0 Å². The van der Waals surface area contributed by atoms with Crippen LogP contribution in [-0.4, -0.2) is 20.8 Å². The van der Waals surface area contributed by atoms with Gasteiger partial charge >= 0.3 is 0 Å². The minimum Gasteiger partial charge on any atom is -0.398 e. The van der Waals surface area contributed by atoms with Crippen LogP contribution >= 0.6 is 11.8 Å². The zero-order valence-electron chi connectivity index (χ0n) is 12.4. The molecule has 2 N–H and O–H groups in total. The molecular weight excluding hydrogens is 296 g/mol.